The van der Waals surface area contributed by atoms with Crippen LogP contribution >= 0.6 is 0 Å². The third-order valence-corrected chi connectivity index (χ3v) is 3.40. The van der Waals surface area contributed by atoms with Crippen LogP contribution in [0.1, 0.15) is 36.8 Å². The van der Waals surface area contributed by atoms with Gasteiger partial charge in [0.15, 0.2) is 0 Å². The Balaban J connectivity index is 2.85. The second-order valence-electron chi connectivity index (χ2n) is 4.67. The third-order valence-electron chi connectivity index (χ3n) is 3.40. The quantitative estimate of drug-likeness (QED) is 0.710. The number of phenols is 1. The summed E-state index contributed by atoms with van der Waals surface area (Å²) in [6.45, 7) is 4.81. The molecule has 0 radical (unpaired) electrons. The van der Waals surface area contributed by atoms with Crippen molar-refractivity contribution in [3.05, 3.63) is 29.3 Å². The summed E-state index contributed by atoms with van der Waals surface area (Å²) in [5, 5.41) is 18.6. The summed E-state index contributed by atoms with van der Waals surface area (Å²) in [6.07, 6.45) is 1.91. The van der Waals surface area contributed by atoms with E-state index in [9.17, 15) is 10.2 Å². The highest BCUT2D eigenvalue weighted by atomic mass is 16.3. The number of aromatic hydroxyl groups is 1. The van der Waals surface area contributed by atoms with Gasteiger partial charge in [-0.25, -0.2) is 0 Å². The molecule has 0 fully saturated rings. The summed E-state index contributed by atoms with van der Waals surface area (Å²) >= 11 is 0. The lowest BCUT2D eigenvalue weighted by molar-refractivity contribution is 0.214. The zero-order valence-corrected chi connectivity index (χ0v) is 10.7. The zero-order valence-electron chi connectivity index (χ0n) is 10.7. The van der Waals surface area contributed by atoms with E-state index in [4.69, 9.17) is 5.73 Å². The van der Waals surface area contributed by atoms with Crippen molar-refractivity contribution in [2.45, 2.75) is 32.6 Å². The molecule has 0 aromatic heterocycles. The minimum Gasteiger partial charge on any atom is -0.508 e. The van der Waals surface area contributed by atoms with Crippen LogP contribution in [-0.4, -0.2) is 23.4 Å². The van der Waals surface area contributed by atoms with Gasteiger partial charge < -0.3 is 15.9 Å². The van der Waals surface area contributed by atoms with Crippen LogP contribution in [0.4, 0.5) is 0 Å². The summed E-state index contributed by atoms with van der Waals surface area (Å²) in [5.41, 5.74) is 7.98. The van der Waals surface area contributed by atoms with Gasteiger partial charge in [-0.1, -0.05) is 13.0 Å². The lowest BCUT2D eigenvalue weighted by atomic mass is 9.85. The topological polar surface area (TPSA) is 66.5 Å². The van der Waals surface area contributed by atoms with Crippen molar-refractivity contribution in [3.8, 4) is 5.75 Å². The van der Waals surface area contributed by atoms with E-state index in [1.165, 1.54) is 5.56 Å². The van der Waals surface area contributed by atoms with Crippen LogP contribution in [-0.2, 0) is 0 Å². The molecule has 0 amide bonds. The number of aryl methyl sites for hydroxylation is 1. The molecule has 0 aliphatic rings. The lowest BCUT2D eigenvalue weighted by Gasteiger charge is -2.22. The number of hydrogen-bond donors (Lipinski definition) is 3. The molecule has 0 bridgehead atoms. The van der Waals surface area contributed by atoms with E-state index in [0.29, 0.717) is 18.2 Å². The molecule has 1 aromatic carbocycles. The first-order valence-electron chi connectivity index (χ1n) is 6.22. The van der Waals surface area contributed by atoms with E-state index < -0.39 is 0 Å². The molecule has 3 heteroatoms. The number of aliphatic hydroxyl groups is 1. The predicted octanol–water partition coefficient (Wildman–Crippen LogP) is 2.15. The Morgan fingerprint density at radius 1 is 1.35 bits per heavy atom. The molecule has 1 aromatic rings. The van der Waals surface area contributed by atoms with Crippen molar-refractivity contribution in [3.63, 3.8) is 0 Å². The van der Waals surface area contributed by atoms with Crippen LogP contribution in [0.2, 0.25) is 0 Å². The third kappa shape index (κ3) is 3.72. The van der Waals surface area contributed by atoms with Gasteiger partial charge in [-0.15, -0.1) is 0 Å². The van der Waals surface area contributed by atoms with Crippen molar-refractivity contribution in [2.75, 3.05) is 13.2 Å². The minimum absolute atomic E-state index is 0.143. The van der Waals surface area contributed by atoms with Crippen LogP contribution < -0.4 is 5.73 Å². The van der Waals surface area contributed by atoms with Gasteiger partial charge in [0.25, 0.3) is 0 Å². The Morgan fingerprint density at radius 2 is 2.06 bits per heavy atom. The van der Waals surface area contributed by atoms with Gasteiger partial charge in [0.05, 0.1) is 0 Å². The van der Waals surface area contributed by atoms with Gasteiger partial charge in [-0.05, 0) is 61.4 Å². The normalized spacial score (nSPS) is 14.6. The van der Waals surface area contributed by atoms with Crippen LogP contribution in [0.5, 0.6) is 5.75 Å². The lowest BCUT2D eigenvalue weighted by Crippen LogP contribution is -2.21. The monoisotopic (exact) mass is 237 g/mol. The maximum atomic E-state index is 9.41. The van der Waals surface area contributed by atoms with Crippen molar-refractivity contribution in [1.82, 2.24) is 0 Å². The maximum Gasteiger partial charge on any atom is 0.115 e. The molecule has 0 spiro atoms. The Morgan fingerprint density at radius 3 is 2.53 bits per heavy atom. The van der Waals surface area contributed by atoms with Crippen LogP contribution in [0.15, 0.2) is 18.2 Å². The van der Waals surface area contributed by atoms with Crippen LogP contribution in [0, 0.1) is 12.8 Å². The molecule has 4 N–H and O–H groups in total. The van der Waals surface area contributed by atoms with E-state index in [2.05, 4.69) is 6.92 Å². The van der Waals surface area contributed by atoms with Crippen LogP contribution in [0.25, 0.3) is 0 Å². The molecular formula is C14H23NO2. The number of phenolic OH excluding ortho intramolecular Hbond substituents is 1. The van der Waals surface area contributed by atoms with E-state index in [1.807, 2.05) is 13.0 Å². The van der Waals surface area contributed by atoms with E-state index in [-0.39, 0.29) is 12.5 Å². The SMILES string of the molecule is CCC(CC(CN)CO)c1ccc(O)cc1C. The Labute approximate surface area is 103 Å². The summed E-state index contributed by atoms with van der Waals surface area (Å²) < 4.78 is 0. The zero-order chi connectivity index (χ0) is 12.8. The molecule has 0 saturated carbocycles. The maximum absolute atomic E-state index is 9.41. The predicted molar refractivity (Wildman–Crippen MR) is 70.1 cm³/mol. The summed E-state index contributed by atoms with van der Waals surface area (Å²) in [4.78, 5) is 0. The van der Waals surface area contributed by atoms with Crippen molar-refractivity contribution < 1.29 is 10.2 Å². The molecule has 0 aliphatic carbocycles. The van der Waals surface area contributed by atoms with Gasteiger partial charge in [0.2, 0.25) is 0 Å². The smallest absolute Gasteiger partial charge is 0.115 e. The molecule has 2 atom stereocenters. The van der Waals surface area contributed by atoms with E-state index in [1.54, 1.807) is 12.1 Å². The fraction of sp³-hybridized carbons (Fsp3) is 0.571. The molecule has 96 valence electrons. The summed E-state index contributed by atoms with van der Waals surface area (Å²) in [5.74, 6) is 0.864. The molecule has 1 rings (SSSR count). The Kier molecular flexibility index (Phi) is 5.45. The van der Waals surface area contributed by atoms with Gasteiger partial charge in [0, 0.05) is 6.61 Å². The first kappa shape index (κ1) is 14.0. The summed E-state index contributed by atoms with van der Waals surface area (Å²) in [6, 6.07) is 5.49. The second-order valence-corrected chi connectivity index (χ2v) is 4.67. The number of benzene rings is 1. The first-order valence-corrected chi connectivity index (χ1v) is 6.22. The van der Waals surface area contributed by atoms with Crippen molar-refractivity contribution in [2.24, 2.45) is 11.7 Å². The molecule has 17 heavy (non-hydrogen) atoms. The van der Waals surface area contributed by atoms with Gasteiger partial charge >= 0.3 is 0 Å². The fourth-order valence-corrected chi connectivity index (χ4v) is 2.28. The largest absolute Gasteiger partial charge is 0.508 e. The number of aliphatic hydroxyl groups excluding tert-OH is 1. The molecule has 3 nitrogen and oxygen atoms in total. The number of rotatable bonds is 6. The van der Waals surface area contributed by atoms with Gasteiger partial charge in [-0.3, -0.25) is 0 Å². The molecule has 0 heterocycles. The minimum atomic E-state index is 0.143. The van der Waals surface area contributed by atoms with Crippen molar-refractivity contribution in [1.29, 1.82) is 0 Å². The first-order chi connectivity index (χ1) is 8.12. The Hall–Kier alpha value is -1.06. The van der Waals surface area contributed by atoms with Gasteiger partial charge in [-0.2, -0.15) is 0 Å². The molecular weight excluding hydrogens is 214 g/mol. The number of hydrogen-bond acceptors (Lipinski definition) is 3. The number of nitrogens with two attached hydrogens (primary N) is 1. The standard InChI is InChI=1S/C14H23NO2/c1-3-12(7-11(8-15)9-16)14-5-4-13(17)6-10(14)2/h4-6,11-12,16-17H,3,7-9,15H2,1-2H3. The highest BCUT2D eigenvalue weighted by Crippen LogP contribution is 2.30. The second kappa shape index (κ2) is 6.62. The summed E-state index contributed by atoms with van der Waals surface area (Å²) in [7, 11) is 0. The van der Waals surface area contributed by atoms with E-state index in [0.717, 1.165) is 18.4 Å². The average molecular weight is 237 g/mol. The fourth-order valence-electron chi connectivity index (χ4n) is 2.28. The molecule has 0 saturated heterocycles. The van der Waals surface area contributed by atoms with Crippen LogP contribution in [0.3, 0.4) is 0 Å². The molecule has 0 aliphatic heterocycles. The van der Waals surface area contributed by atoms with Crippen molar-refractivity contribution >= 4 is 0 Å². The average Bonchev–Trinajstić information content (AvgIpc) is 2.32. The highest BCUT2D eigenvalue weighted by Gasteiger charge is 2.17. The Bertz CT molecular complexity index is 348. The van der Waals surface area contributed by atoms with Gasteiger partial charge in [0.1, 0.15) is 5.75 Å². The highest BCUT2D eigenvalue weighted by molar-refractivity contribution is 5.36. The molecule has 2 unspecified atom stereocenters. The van der Waals surface area contributed by atoms with E-state index >= 15 is 0 Å².